The van der Waals surface area contributed by atoms with Crippen molar-refractivity contribution in [3.8, 4) is 0 Å². The van der Waals surface area contributed by atoms with Gasteiger partial charge in [0.1, 0.15) is 11.4 Å². The van der Waals surface area contributed by atoms with Crippen molar-refractivity contribution >= 4 is 29.4 Å². The van der Waals surface area contributed by atoms with Crippen LogP contribution in [0.15, 0.2) is 64.2 Å². The van der Waals surface area contributed by atoms with Crippen molar-refractivity contribution in [1.82, 2.24) is 14.0 Å². The first-order valence-electron chi connectivity index (χ1n) is 11.0. The Morgan fingerprint density at radius 3 is 2.08 bits per heavy atom. The van der Waals surface area contributed by atoms with Crippen LogP contribution in [0.2, 0.25) is 0 Å². The van der Waals surface area contributed by atoms with Crippen LogP contribution in [0, 0.1) is 0 Å². The van der Waals surface area contributed by atoms with Gasteiger partial charge in [-0.15, -0.1) is 0 Å². The Labute approximate surface area is 204 Å². The molecule has 2 N–H and O–H groups in total. The van der Waals surface area contributed by atoms with Crippen LogP contribution in [0.1, 0.15) is 43.1 Å². The highest BCUT2D eigenvalue weighted by Crippen LogP contribution is 2.22. The SMILES string of the molecule is Cn1c(=O)c(C(=O)COC(=O)CCN2C(=O)c3ccccc3C2=O)c(N)n(Cc2ccccc2)c1=O. The Bertz CT molecular complexity index is 1470. The van der Waals surface area contributed by atoms with E-state index in [0.717, 1.165) is 19.6 Å². The summed E-state index contributed by atoms with van der Waals surface area (Å²) >= 11 is 0. The summed E-state index contributed by atoms with van der Waals surface area (Å²) in [5, 5.41) is 0. The van der Waals surface area contributed by atoms with Crippen molar-refractivity contribution < 1.29 is 23.9 Å². The molecule has 4 rings (SSSR count). The fraction of sp³-hybridized carbons (Fsp3) is 0.200. The van der Waals surface area contributed by atoms with Crippen LogP contribution in [0.3, 0.4) is 0 Å². The highest BCUT2D eigenvalue weighted by atomic mass is 16.5. The first kappa shape index (κ1) is 24.3. The van der Waals surface area contributed by atoms with Gasteiger partial charge in [0.05, 0.1) is 24.1 Å². The topological polar surface area (TPSA) is 151 Å². The number of fused-ring (bicyclic) bond motifs is 1. The quantitative estimate of drug-likeness (QED) is 0.274. The number of nitrogens with zero attached hydrogens (tertiary/aromatic N) is 3. The summed E-state index contributed by atoms with van der Waals surface area (Å²) in [4.78, 5) is 75.9. The Balaban J connectivity index is 1.43. The molecule has 36 heavy (non-hydrogen) atoms. The molecule has 1 aliphatic rings. The normalized spacial score (nSPS) is 12.5. The molecule has 0 unspecified atom stereocenters. The lowest BCUT2D eigenvalue weighted by Crippen LogP contribution is -2.43. The van der Waals surface area contributed by atoms with E-state index in [1.807, 2.05) is 0 Å². The standard InChI is InChI=1S/C25H22N4O7/c1-27-24(34)20(21(26)29(25(27)35)13-15-7-3-2-4-8-15)18(30)14-36-19(31)11-12-28-22(32)16-9-5-6-10-17(16)23(28)33/h2-10H,11-14,26H2,1H3. The molecule has 0 radical (unpaired) electrons. The first-order valence-corrected chi connectivity index (χ1v) is 11.0. The molecule has 184 valence electrons. The number of carbonyl (C=O) groups is 4. The number of esters is 1. The van der Waals surface area contributed by atoms with E-state index < -0.39 is 47.0 Å². The van der Waals surface area contributed by atoms with E-state index >= 15 is 0 Å². The lowest BCUT2D eigenvalue weighted by atomic mass is 10.1. The minimum Gasteiger partial charge on any atom is -0.457 e. The van der Waals surface area contributed by atoms with Crippen LogP contribution in [0.4, 0.5) is 5.82 Å². The van der Waals surface area contributed by atoms with Gasteiger partial charge in [-0.1, -0.05) is 42.5 Å². The number of aromatic nitrogens is 2. The van der Waals surface area contributed by atoms with E-state index in [-0.39, 0.29) is 36.5 Å². The molecule has 1 aromatic heterocycles. The Morgan fingerprint density at radius 2 is 1.47 bits per heavy atom. The predicted octanol–water partition coefficient (Wildman–Crippen LogP) is 0.590. The summed E-state index contributed by atoms with van der Waals surface area (Å²) in [7, 11) is 1.22. The van der Waals surface area contributed by atoms with Crippen molar-refractivity contribution in [1.29, 1.82) is 0 Å². The third-order valence-electron chi connectivity index (χ3n) is 5.83. The molecule has 3 aromatic rings. The van der Waals surface area contributed by atoms with Crippen molar-refractivity contribution in [3.05, 3.63) is 97.7 Å². The number of rotatable bonds is 8. The van der Waals surface area contributed by atoms with Gasteiger partial charge in [-0.05, 0) is 17.7 Å². The molecule has 2 heterocycles. The molecule has 0 bridgehead atoms. The molecule has 2 amide bonds. The summed E-state index contributed by atoms with van der Waals surface area (Å²) in [6.45, 7) is -1.00. The number of nitrogen functional groups attached to an aromatic ring is 1. The van der Waals surface area contributed by atoms with Gasteiger partial charge in [0.2, 0.25) is 5.78 Å². The number of imide groups is 1. The summed E-state index contributed by atoms with van der Waals surface area (Å²) in [6.07, 6.45) is -0.347. The summed E-state index contributed by atoms with van der Waals surface area (Å²) < 4.78 is 6.83. The highest BCUT2D eigenvalue weighted by Gasteiger charge is 2.35. The number of ether oxygens (including phenoxy) is 1. The van der Waals surface area contributed by atoms with Gasteiger partial charge in [-0.2, -0.15) is 0 Å². The van der Waals surface area contributed by atoms with Crippen LogP contribution in [-0.4, -0.2) is 50.8 Å². The van der Waals surface area contributed by atoms with Crippen molar-refractivity contribution in [2.75, 3.05) is 18.9 Å². The van der Waals surface area contributed by atoms with Crippen molar-refractivity contribution in [2.24, 2.45) is 7.05 Å². The molecule has 0 fully saturated rings. The van der Waals surface area contributed by atoms with Crippen LogP contribution >= 0.6 is 0 Å². The van der Waals surface area contributed by atoms with E-state index in [1.54, 1.807) is 42.5 Å². The zero-order chi connectivity index (χ0) is 26.0. The summed E-state index contributed by atoms with van der Waals surface area (Å²) in [5.41, 5.74) is 5.18. The summed E-state index contributed by atoms with van der Waals surface area (Å²) in [6, 6.07) is 15.2. The van der Waals surface area contributed by atoms with Crippen molar-refractivity contribution in [3.63, 3.8) is 0 Å². The molecule has 11 nitrogen and oxygen atoms in total. The predicted molar refractivity (Wildman–Crippen MR) is 128 cm³/mol. The molecule has 0 spiro atoms. The average Bonchev–Trinajstić information content (AvgIpc) is 3.13. The molecular weight excluding hydrogens is 468 g/mol. The zero-order valence-electron chi connectivity index (χ0n) is 19.3. The molecule has 0 aliphatic carbocycles. The van der Waals surface area contributed by atoms with Crippen molar-refractivity contribution in [2.45, 2.75) is 13.0 Å². The van der Waals surface area contributed by atoms with Gasteiger partial charge < -0.3 is 10.5 Å². The third-order valence-corrected chi connectivity index (χ3v) is 5.83. The monoisotopic (exact) mass is 490 g/mol. The van der Waals surface area contributed by atoms with E-state index in [2.05, 4.69) is 0 Å². The number of nitrogens with two attached hydrogens (primary N) is 1. The Hall–Kier alpha value is -4.80. The highest BCUT2D eigenvalue weighted by molar-refractivity contribution is 6.21. The molecular formula is C25H22N4O7. The maximum Gasteiger partial charge on any atom is 0.332 e. The lowest BCUT2D eigenvalue weighted by molar-refractivity contribution is -0.142. The minimum atomic E-state index is -0.908. The molecule has 11 heteroatoms. The smallest absolute Gasteiger partial charge is 0.332 e. The number of benzene rings is 2. The fourth-order valence-corrected chi connectivity index (χ4v) is 3.90. The lowest BCUT2D eigenvalue weighted by Gasteiger charge is -2.15. The number of ketones is 1. The van der Waals surface area contributed by atoms with Crippen LogP contribution in [0.25, 0.3) is 0 Å². The van der Waals surface area contributed by atoms with E-state index in [1.165, 1.54) is 19.2 Å². The molecule has 2 aromatic carbocycles. The molecule has 0 saturated carbocycles. The van der Waals surface area contributed by atoms with E-state index in [0.29, 0.717) is 0 Å². The number of Topliss-reactive ketones (excluding diaryl/α,β-unsaturated/α-hetero) is 1. The average molecular weight is 490 g/mol. The van der Waals surface area contributed by atoms with Gasteiger partial charge >= 0.3 is 11.7 Å². The van der Waals surface area contributed by atoms with Gasteiger partial charge in [0.15, 0.2) is 6.61 Å². The number of anilines is 1. The zero-order valence-corrected chi connectivity index (χ0v) is 19.3. The van der Waals surface area contributed by atoms with Gasteiger partial charge in [-0.3, -0.25) is 38.0 Å². The Kier molecular flexibility index (Phi) is 6.64. The molecule has 0 saturated heterocycles. The van der Waals surface area contributed by atoms with Gasteiger partial charge in [-0.25, -0.2) is 4.79 Å². The Morgan fingerprint density at radius 1 is 0.889 bits per heavy atom. The fourth-order valence-electron chi connectivity index (χ4n) is 3.90. The molecule has 1 aliphatic heterocycles. The second kappa shape index (κ2) is 9.82. The van der Waals surface area contributed by atoms with Crippen LogP contribution < -0.4 is 17.0 Å². The number of hydrogen-bond acceptors (Lipinski definition) is 8. The van der Waals surface area contributed by atoms with Gasteiger partial charge in [0, 0.05) is 13.6 Å². The maximum atomic E-state index is 12.8. The van der Waals surface area contributed by atoms with Gasteiger partial charge in [0.25, 0.3) is 17.4 Å². The van der Waals surface area contributed by atoms with E-state index in [4.69, 9.17) is 10.5 Å². The molecule has 0 atom stereocenters. The second-order valence-electron chi connectivity index (χ2n) is 8.12. The third kappa shape index (κ3) is 4.45. The van der Waals surface area contributed by atoms with Crippen LogP contribution in [-0.2, 0) is 23.1 Å². The number of amides is 2. The number of hydrogen-bond donors (Lipinski definition) is 1. The minimum absolute atomic E-state index is 0.0278. The first-order chi connectivity index (χ1) is 17.2. The van der Waals surface area contributed by atoms with E-state index in [9.17, 15) is 28.8 Å². The second-order valence-corrected chi connectivity index (χ2v) is 8.12. The summed E-state index contributed by atoms with van der Waals surface area (Å²) in [5.74, 6) is -3.11. The largest absolute Gasteiger partial charge is 0.457 e. The van der Waals surface area contributed by atoms with Crippen LogP contribution in [0.5, 0.6) is 0 Å². The number of carbonyl (C=O) groups excluding carboxylic acids is 4. The maximum absolute atomic E-state index is 12.8.